The van der Waals surface area contributed by atoms with Gasteiger partial charge < -0.3 is 14.4 Å². The Balaban J connectivity index is 1.72. The van der Waals surface area contributed by atoms with Crippen LogP contribution in [0.3, 0.4) is 0 Å². The minimum absolute atomic E-state index is 0.176. The van der Waals surface area contributed by atoms with E-state index >= 15 is 0 Å². The average Bonchev–Trinajstić information content (AvgIpc) is 2.54. The van der Waals surface area contributed by atoms with E-state index in [1.54, 1.807) is 12.4 Å². The van der Waals surface area contributed by atoms with Crippen molar-refractivity contribution in [2.24, 2.45) is 0 Å². The highest BCUT2D eigenvalue weighted by Crippen LogP contribution is 2.23. The molecule has 1 aromatic heterocycles. The first-order valence-corrected chi connectivity index (χ1v) is 8.92. The summed E-state index contributed by atoms with van der Waals surface area (Å²) in [6.45, 7) is 7.87. The number of piperidine rings is 1. The minimum Gasteiger partial charge on any atom is -0.444 e. The summed E-state index contributed by atoms with van der Waals surface area (Å²) in [6, 6.07) is 4.20. The lowest BCUT2D eigenvalue weighted by Gasteiger charge is -2.36. The summed E-state index contributed by atoms with van der Waals surface area (Å²) < 4.78 is 11.3. The van der Waals surface area contributed by atoms with Gasteiger partial charge in [-0.25, -0.2) is 4.79 Å². The highest BCUT2D eigenvalue weighted by atomic mass is 16.6. The van der Waals surface area contributed by atoms with E-state index < -0.39 is 5.60 Å². The van der Waals surface area contributed by atoms with Crippen molar-refractivity contribution < 1.29 is 14.3 Å². The zero-order valence-electron chi connectivity index (χ0n) is 15.2. The van der Waals surface area contributed by atoms with E-state index in [1.807, 2.05) is 37.8 Å². The van der Waals surface area contributed by atoms with Crippen LogP contribution in [0.2, 0.25) is 0 Å². The lowest BCUT2D eigenvalue weighted by molar-refractivity contribution is 0.00726. The summed E-state index contributed by atoms with van der Waals surface area (Å²) in [5, 5.41) is 0. The molecule has 1 fully saturated rings. The number of amides is 1. The van der Waals surface area contributed by atoms with Gasteiger partial charge in [0.25, 0.3) is 0 Å². The van der Waals surface area contributed by atoms with Crippen molar-refractivity contribution in [1.29, 1.82) is 0 Å². The second kappa shape index (κ2) is 9.02. The predicted molar refractivity (Wildman–Crippen MR) is 93.7 cm³/mol. The number of hydrogen-bond donors (Lipinski definition) is 0. The SMILES string of the molecule is CC(C)(C)OC(=O)N1CCCC[C@H]1CCCOCc1ccncc1. The smallest absolute Gasteiger partial charge is 0.410 e. The van der Waals surface area contributed by atoms with Crippen LogP contribution >= 0.6 is 0 Å². The molecule has 1 atom stereocenters. The third-order valence-electron chi connectivity index (χ3n) is 4.10. The maximum atomic E-state index is 12.4. The number of ether oxygens (including phenoxy) is 2. The lowest BCUT2D eigenvalue weighted by Crippen LogP contribution is -2.46. The standard InChI is InChI=1S/C19H30N2O3/c1-19(2,3)24-18(22)21-13-5-4-7-17(21)8-6-14-23-15-16-9-11-20-12-10-16/h9-12,17H,4-8,13-15H2,1-3H3/t17-/m0/s1. The van der Waals surface area contributed by atoms with Gasteiger partial charge in [0.1, 0.15) is 5.60 Å². The number of hydrogen-bond acceptors (Lipinski definition) is 4. The van der Waals surface area contributed by atoms with Crippen LogP contribution in [-0.4, -0.2) is 40.8 Å². The Morgan fingerprint density at radius 3 is 2.75 bits per heavy atom. The van der Waals surface area contributed by atoms with E-state index in [-0.39, 0.29) is 12.1 Å². The fraction of sp³-hybridized carbons (Fsp3) is 0.684. The summed E-state index contributed by atoms with van der Waals surface area (Å²) in [5.74, 6) is 0. The first-order chi connectivity index (χ1) is 11.5. The van der Waals surface area contributed by atoms with Crippen molar-refractivity contribution in [2.45, 2.75) is 71.1 Å². The van der Waals surface area contributed by atoms with Gasteiger partial charge in [-0.15, -0.1) is 0 Å². The van der Waals surface area contributed by atoms with Crippen molar-refractivity contribution >= 4 is 6.09 Å². The molecule has 5 heteroatoms. The van der Waals surface area contributed by atoms with Crippen molar-refractivity contribution in [3.05, 3.63) is 30.1 Å². The molecule has 2 heterocycles. The maximum Gasteiger partial charge on any atom is 0.410 e. The molecule has 1 aliphatic heterocycles. The second-order valence-electron chi connectivity index (χ2n) is 7.37. The number of nitrogens with zero attached hydrogens (tertiary/aromatic N) is 2. The van der Waals surface area contributed by atoms with Crippen molar-refractivity contribution in [3.63, 3.8) is 0 Å². The fourth-order valence-electron chi connectivity index (χ4n) is 2.95. The van der Waals surface area contributed by atoms with Crippen LogP contribution < -0.4 is 0 Å². The molecule has 0 unspecified atom stereocenters. The number of aromatic nitrogens is 1. The normalized spacial score (nSPS) is 18.5. The minimum atomic E-state index is -0.438. The Hall–Kier alpha value is -1.62. The number of carbonyl (C=O) groups excluding carboxylic acids is 1. The van der Waals surface area contributed by atoms with Crippen LogP contribution in [0.1, 0.15) is 58.4 Å². The van der Waals surface area contributed by atoms with E-state index in [9.17, 15) is 4.79 Å². The van der Waals surface area contributed by atoms with Crippen LogP contribution in [0.25, 0.3) is 0 Å². The molecule has 0 bridgehead atoms. The zero-order chi connectivity index (χ0) is 17.4. The number of pyridine rings is 1. The van der Waals surface area contributed by atoms with Gasteiger partial charge >= 0.3 is 6.09 Å². The van der Waals surface area contributed by atoms with Crippen LogP contribution in [0.4, 0.5) is 4.79 Å². The summed E-state index contributed by atoms with van der Waals surface area (Å²) in [6.07, 6.45) is 8.60. The zero-order valence-corrected chi connectivity index (χ0v) is 15.2. The Morgan fingerprint density at radius 1 is 1.29 bits per heavy atom. The lowest BCUT2D eigenvalue weighted by atomic mass is 9.98. The van der Waals surface area contributed by atoms with Gasteiger partial charge in [0.05, 0.1) is 6.61 Å². The third-order valence-corrected chi connectivity index (χ3v) is 4.10. The van der Waals surface area contributed by atoms with E-state index in [4.69, 9.17) is 9.47 Å². The highest BCUT2D eigenvalue weighted by molar-refractivity contribution is 5.68. The Kier molecular flexibility index (Phi) is 7.03. The van der Waals surface area contributed by atoms with Crippen molar-refractivity contribution in [2.75, 3.05) is 13.2 Å². The number of rotatable bonds is 6. The molecular weight excluding hydrogens is 304 g/mol. The predicted octanol–water partition coefficient (Wildman–Crippen LogP) is 4.17. The number of carbonyl (C=O) groups is 1. The van der Waals surface area contributed by atoms with Crippen LogP contribution in [0.15, 0.2) is 24.5 Å². The molecule has 0 radical (unpaired) electrons. The monoisotopic (exact) mass is 334 g/mol. The van der Waals surface area contributed by atoms with Crippen LogP contribution in [0, 0.1) is 0 Å². The molecule has 134 valence electrons. The van der Waals surface area contributed by atoms with Crippen molar-refractivity contribution in [1.82, 2.24) is 9.88 Å². The van der Waals surface area contributed by atoms with Crippen LogP contribution in [-0.2, 0) is 16.1 Å². The van der Waals surface area contributed by atoms with E-state index in [1.165, 1.54) is 6.42 Å². The Labute approximate surface area is 145 Å². The number of likely N-dealkylation sites (tertiary alicyclic amines) is 1. The summed E-state index contributed by atoms with van der Waals surface area (Å²) >= 11 is 0. The van der Waals surface area contributed by atoms with Gasteiger partial charge in [0.2, 0.25) is 0 Å². The quantitative estimate of drug-likeness (QED) is 0.733. The van der Waals surface area contributed by atoms with Gasteiger partial charge in [-0.2, -0.15) is 0 Å². The van der Waals surface area contributed by atoms with Crippen LogP contribution in [0.5, 0.6) is 0 Å². The van der Waals surface area contributed by atoms with Gasteiger partial charge in [0, 0.05) is 31.6 Å². The molecule has 5 nitrogen and oxygen atoms in total. The Morgan fingerprint density at radius 2 is 2.04 bits per heavy atom. The molecule has 0 saturated carbocycles. The second-order valence-corrected chi connectivity index (χ2v) is 7.37. The highest BCUT2D eigenvalue weighted by Gasteiger charge is 2.29. The van der Waals surface area contributed by atoms with E-state index in [0.29, 0.717) is 13.2 Å². The summed E-state index contributed by atoms with van der Waals surface area (Å²) in [5.41, 5.74) is 0.699. The molecule has 1 saturated heterocycles. The van der Waals surface area contributed by atoms with Gasteiger partial charge in [-0.3, -0.25) is 4.98 Å². The van der Waals surface area contributed by atoms with Gasteiger partial charge in [-0.1, -0.05) is 0 Å². The molecule has 0 aliphatic carbocycles. The van der Waals surface area contributed by atoms with E-state index in [2.05, 4.69) is 4.98 Å². The summed E-state index contributed by atoms with van der Waals surface area (Å²) in [7, 11) is 0. The fourth-order valence-corrected chi connectivity index (χ4v) is 2.95. The topological polar surface area (TPSA) is 51.7 Å². The van der Waals surface area contributed by atoms with E-state index in [0.717, 1.165) is 37.8 Å². The molecule has 0 N–H and O–H groups in total. The molecule has 0 spiro atoms. The van der Waals surface area contributed by atoms with Crippen molar-refractivity contribution in [3.8, 4) is 0 Å². The third kappa shape index (κ3) is 6.48. The first kappa shape index (κ1) is 18.7. The Bertz CT molecular complexity index is 499. The molecule has 24 heavy (non-hydrogen) atoms. The van der Waals surface area contributed by atoms with Gasteiger partial charge in [-0.05, 0) is 70.6 Å². The molecule has 0 aromatic carbocycles. The molecule has 1 amide bonds. The molecule has 1 aromatic rings. The first-order valence-electron chi connectivity index (χ1n) is 8.92. The maximum absolute atomic E-state index is 12.4. The molecule has 2 rings (SSSR count). The average molecular weight is 334 g/mol. The molecular formula is C19H30N2O3. The molecule has 1 aliphatic rings. The largest absolute Gasteiger partial charge is 0.444 e. The summed E-state index contributed by atoms with van der Waals surface area (Å²) in [4.78, 5) is 18.3. The van der Waals surface area contributed by atoms with Gasteiger partial charge in [0.15, 0.2) is 0 Å².